The molecule has 6 heteroatoms. The maximum atomic E-state index is 6.04. The molecule has 1 atom stereocenters. The summed E-state index contributed by atoms with van der Waals surface area (Å²) in [6, 6.07) is 6.16. The molecule has 4 heterocycles. The van der Waals surface area contributed by atoms with E-state index in [9.17, 15) is 0 Å². The van der Waals surface area contributed by atoms with Crippen LogP contribution in [0.3, 0.4) is 0 Å². The lowest BCUT2D eigenvalue weighted by molar-refractivity contribution is 0.228. The zero-order valence-electron chi connectivity index (χ0n) is 15.7. The van der Waals surface area contributed by atoms with Crippen LogP contribution < -0.4 is 9.64 Å². The minimum Gasteiger partial charge on any atom is -0.493 e. The minimum absolute atomic E-state index is 0.500. The zero-order valence-corrected chi connectivity index (χ0v) is 15.7. The number of ether oxygens (including phenoxy) is 1. The molecule has 1 saturated heterocycles. The monoisotopic (exact) mass is 363 g/mol. The van der Waals surface area contributed by atoms with Crippen LogP contribution in [0.2, 0.25) is 0 Å². The van der Waals surface area contributed by atoms with E-state index < -0.39 is 0 Å². The molecule has 0 bridgehead atoms. The Bertz CT molecular complexity index is 949. The Balaban J connectivity index is 1.31. The van der Waals surface area contributed by atoms with E-state index in [0.717, 1.165) is 48.9 Å². The van der Waals surface area contributed by atoms with Crippen LogP contribution in [0.4, 0.5) is 5.82 Å². The summed E-state index contributed by atoms with van der Waals surface area (Å²) in [5, 5.41) is 4.75. The lowest BCUT2D eigenvalue weighted by atomic mass is 9.99. The molecule has 0 N–H and O–H groups in total. The first-order valence-corrected chi connectivity index (χ1v) is 9.91. The molecule has 1 aliphatic heterocycles. The molecule has 3 aromatic rings. The molecule has 2 fully saturated rings. The highest BCUT2D eigenvalue weighted by molar-refractivity contribution is 5.69. The molecular weight excluding hydrogens is 338 g/mol. The van der Waals surface area contributed by atoms with Crippen LogP contribution in [0.25, 0.3) is 5.52 Å². The number of piperidine rings is 1. The maximum Gasteiger partial charge on any atom is 0.154 e. The average Bonchev–Trinajstić information content (AvgIpc) is 3.45. The van der Waals surface area contributed by atoms with Gasteiger partial charge in [0.05, 0.1) is 12.3 Å². The summed E-state index contributed by atoms with van der Waals surface area (Å²) < 4.78 is 8.03. The lowest BCUT2D eigenvalue weighted by Crippen LogP contribution is -2.38. The molecule has 27 heavy (non-hydrogen) atoms. The molecule has 0 aromatic carbocycles. The van der Waals surface area contributed by atoms with E-state index in [1.165, 1.54) is 25.0 Å². The summed E-state index contributed by atoms with van der Waals surface area (Å²) in [5.41, 5.74) is 3.33. The molecule has 1 aliphatic carbocycles. The van der Waals surface area contributed by atoms with E-state index >= 15 is 0 Å². The Morgan fingerprint density at radius 1 is 1.15 bits per heavy atom. The van der Waals surface area contributed by atoms with Gasteiger partial charge in [0.25, 0.3) is 0 Å². The number of aryl methyl sites for hydroxylation is 1. The van der Waals surface area contributed by atoms with Crippen LogP contribution in [-0.4, -0.2) is 39.3 Å². The summed E-state index contributed by atoms with van der Waals surface area (Å²) in [5.74, 6) is 3.12. The van der Waals surface area contributed by atoms with E-state index in [0.29, 0.717) is 11.8 Å². The summed E-state index contributed by atoms with van der Waals surface area (Å²) >= 11 is 0. The third-order valence-electron chi connectivity index (χ3n) is 5.56. The lowest BCUT2D eigenvalue weighted by Gasteiger charge is -2.33. The van der Waals surface area contributed by atoms with Crippen molar-refractivity contribution >= 4 is 11.3 Å². The van der Waals surface area contributed by atoms with Crippen molar-refractivity contribution in [2.75, 3.05) is 24.6 Å². The van der Waals surface area contributed by atoms with Crippen molar-refractivity contribution in [3.63, 3.8) is 0 Å². The van der Waals surface area contributed by atoms with Gasteiger partial charge in [-0.15, -0.1) is 0 Å². The third-order valence-corrected chi connectivity index (χ3v) is 5.56. The third kappa shape index (κ3) is 3.48. The van der Waals surface area contributed by atoms with Gasteiger partial charge in [0.15, 0.2) is 5.82 Å². The van der Waals surface area contributed by atoms with Crippen molar-refractivity contribution < 1.29 is 4.74 Å². The second-order valence-corrected chi connectivity index (χ2v) is 7.82. The van der Waals surface area contributed by atoms with Crippen molar-refractivity contribution in [1.82, 2.24) is 19.6 Å². The van der Waals surface area contributed by atoms with E-state index in [1.807, 2.05) is 36.0 Å². The van der Waals surface area contributed by atoms with Crippen molar-refractivity contribution in [1.29, 1.82) is 0 Å². The van der Waals surface area contributed by atoms with Crippen molar-refractivity contribution in [3.8, 4) is 5.75 Å². The van der Waals surface area contributed by atoms with Crippen LogP contribution in [0.1, 0.15) is 43.0 Å². The second kappa shape index (κ2) is 6.83. The second-order valence-electron chi connectivity index (χ2n) is 7.82. The van der Waals surface area contributed by atoms with Gasteiger partial charge in [-0.05, 0) is 44.7 Å². The first-order valence-electron chi connectivity index (χ1n) is 9.91. The molecule has 0 spiro atoms. The van der Waals surface area contributed by atoms with Gasteiger partial charge in [0.1, 0.15) is 11.3 Å². The summed E-state index contributed by atoms with van der Waals surface area (Å²) in [4.78, 5) is 11.3. The zero-order chi connectivity index (χ0) is 18.2. The van der Waals surface area contributed by atoms with Crippen molar-refractivity contribution in [3.05, 3.63) is 48.2 Å². The van der Waals surface area contributed by atoms with E-state index in [-0.39, 0.29) is 0 Å². The Kier molecular flexibility index (Phi) is 4.19. The van der Waals surface area contributed by atoms with E-state index in [1.54, 1.807) is 6.20 Å². The molecule has 140 valence electrons. The van der Waals surface area contributed by atoms with Gasteiger partial charge in [0.2, 0.25) is 0 Å². The number of hydrogen-bond donors (Lipinski definition) is 0. The number of fused-ring (bicyclic) bond motifs is 1. The summed E-state index contributed by atoms with van der Waals surface area (Å²) in [6.07, 6.45) is 10.5. The van der Waals surface area contributed by atoms with E-state index in [4.69, 9.17) is 14.8 Å². The predicted octanol–water partition coefficient (Wildman–Crippen LogP) is 3.61. The largest absolute Gasteiger partial charge is 0.493 e. The molecule has 6 nitrogen and oxygen atoms in total. The van der Waals surface area contributed by atoms with Gasteiger partial charge in [0, 0.05) is 55.3 Å². The Labute approximate surface area is 159 Å². The molecule has 1 unspecified atom stereocenters. The summed E-state index contributed by atoms with van der Waals surface area (Å²) in [6.45, 7) is 4.74. The Morgan fingerprint density at radius 2 is 2.07 bits per heavy atom. The fourth-order valence-electron chi connectivity index (χ4n) is 3.97. The van der Waals surface area contributed by atoms with Crippen LogP contribution >= 0.6 is 0 Å². The van der Waals surface area contributed by atoms with Crippen LogP contribution in [0.5, 0.6) is 5.75 Å². The van der Waals surface area contributed by atoms with Crippen molar-refractivity contribution in [2.45, 2.75) is 38.5 Å². The molecule has 3 aromatic heterocycles. The van der Waals surface area contributed by atoms with Crippen LogP contribution in [0.15, 0.2) is 36.8 Å². The van der Waals surface area contributed by atoms with Crippen LogP contribution in [0, 0.1) is 12.8 Å². The number of pyridine rings is 1. The number of hydrogen-bond acceptors (Lipinski definition) is 5. The standard InChI is InChI=1S/C21H25N5O/c1-15-11-18(6-7-22-15)27-14-16-3-2-9-25(13-16)21-20-12-19(17-4-5-17)24-26(20)10-8-23-21/h6-8,10-12,16-17H,2-5,9,13-14H2,1H3. The van der Waals surface area contributed by atoms with Gasteiger partial charge in [-0.25, -0.2) is 9.50 Å². The quantitative estimate of drug-likeness (QED) is 0.693. The SMILES string of the molecule is Cc1cc(OCC2CCCN(c3nccn4nc(C5CC5)cc34)C2)ccn1. The highest BCUT2D eigenvalue weighted by Crippen LogP contribution is 2.40. The first kappa shape index (κ1) is 16.5. The Morgan fingerprint density at radius 3 is 2.93 bits per heavy atom. The van der Waals surface area contributed by atoms with Gasteiger partial charge in [-0.3, -0.25) is 4.98 Å². The molecular formula is C21H25N5O. The molecule has 2 aliphatic rings. The number of anilines is 1. The van der Waals surface area contributed by atoms with Crippen molar-refractivity contribution in [2.24, 2.45) is 5.92 Å². The molecule has 0 amide bonds. The van der Waals surface area contributed by atoms with Gasteiger partial charge < -0.3 is 9.64 Å². The normalized spacial score (nSPS) is 20.2. The maximum absolute atomic E-state index is 6.04. The fourth-order valence-corrected chi connectivity index (χ4v) is 3.97. The van der Waals surface area contributed by atoms with E-state index in [2.05, 4.69) is 16.0 Å². The van der Waals surface area contributed by atoms with Gasteiger partial charge in [-0.1, -0.05) is 0 Å². The fraction of sp³-hybridized carbons (Fsp3) is 0.476. The smallest absolute Gasteiger partial charge is 0.154 e. The van der Waals surface area contributed by atoms with Gasteiger partial charge in [-0.2, -0.15) is 5.10 Å². The molecule has 5 rings (SSSR count). The summed E-state index contributed by atoms with van der Waals surface area (Å²) in [7, 11) is 0. The number of nitrogens with zero attached hydrogens (tertiary/aromatic N) is 5. The Hall–Kier alpha value is -2.63. The highest BCUT2D eigenvalue weighted by atomic mass is 16.5. The topological polar surface area (TPSA) is 55.5 Å². The predicted molar refractivity (Wildman–Crippen MR) is 104 cm³/mol. The van der Waals surface area contributed by atoms with Crippen LogP contribution in [-0.2, 0) is 0 Å². The molecule has 1 saturated carbocycles. The van der Waals surface area contributed by atoms with Gasteiger partial charge >= 0.3 is 0 Å². The molecule has 0 radical (unpaired) electrons. The first-order chi connectivity index (χ1) is 13.3. The number of rotatable bonds is 5. The highest BCUT2D eigenvalue weighted by Gasteiger charge is 2.28. The minimum atomic E-state index is 0.500. The average molecular weight is 363 g/mol. The number of aromatic nitrogens is 4.